The standard InChI is InChI=1S/C14H12BrFN2O4S/c1-22-13-7-6-9(8-11(13)15)23(20,21)18-17-14(19)10-4-2-3-5-12(10)16/h2-8,18H,1H3,(H,17,19). The summed E-state index contributed by atoms with van der Waals surface area (Å²) in [7, 11) is -2.57. The first-order valence-electron chi connectivity index (χ1n) is 6.25. The number of carbonyl (C=O) groups is 1. The molecule has 2 rings (SSSR count). The monoisotopic (exact) mass is 402 g/mol. The van der Waals surface area contributed by atoms with E-state index in [1.54, 1.807) is 0 Å². The van der Waals surface area contributed by atoms with Crippen LogP contribution in [0.25, 0.3) is 0 Å². The maximum absolute atomic E-state index is 13.5. The Balaban J connectivity index is 2.14. The normalized spacial score (nSPS) is 11.1. The molecule has 6 nitrogen and oxygen atoms in total. The summed E-state index contributed by atoms with van der Waals surface area (Å²) in [5.74, 6) is -1.20. The van der Waals surface area contributed by atoms with Crippen molar-refractivity contribution in [1.29, 1.82) is 0 Å². The molecule has 122 valence electrons. The number of halogens is 2. The van der Waals surface area contributed by atoms with Crippen LogP contribution in [0.3, 0.4) is 0 Å². The highest BCUT2D eigenvalue weighted by Gasteiger charge is 2.18. The van der Waals surface area contributed by atoms with E-state index in [1.807, 2.05) is 10.3 Å². The van der Waals surface area contributed by atoms with Gasteiger partial charge in [0.25, 0.3) is 15.9 Å². The Morgan fingerprint density at radius 1 is 1.22 bits per heavy atom. The zero-order valence-electron chi connectivity index (χ0n) is 11.8. The zero-order chi connectivity index (χ0) is 17.0. The number of carbonyl (C=O) groups excluding carboxylic acids is 1. The molecule has 0 fully saturated rings. The predicted octanol–water partition coefficient (Wildman–Crippen LogP) is 2.22. The summed E-state index contributed by atoms with van der Waals surface area (Å²) < 4.78 is 43.1. The number of hydrogen-bond acceptors (Lipinski definition) is 4. The van der Waals surface area contributed by atoms with Gasteiger partial charge in [-0.15, -0.1) is 4.83 Å². The molecule has 0 bridgehead atoms. The second kappa shape index (κ2) is 7.07. The molecule has 0 atom stereocenters. The number of sulfonamides is 1. The van der Waals surface area contributed by atoms with Gasteiger partial charge in [0.2, 0.25) is 0 Å². The minimum absolute atomic E-state index is 0.0981. The molecule has 0 spiro atoms. The van der Waals surface area contributed by atoms with Gasteiger partial charge in [-0.3, -0.25) is 10.2 Å². The summed E-state index contributed by atoms with van der Waals surface area (Å²) in [4.78, 5) is 13.6. The minimum Gasteiger partial charge on any atom is -0.496 e. The number of hydrogen-bond donors (Lipinski definition) is 2. The highest BCUT2D eigenvalue weighted by Crippen LogP contribution is 2.27. The molecule has 0 unspecified atom stereocenters. The Labute approximate surface area is 140 Å². The quantitative estimate of drug-likeness (QED) is 0.750. The summed E-state index contributed by atoms with van der Waals surface area (Å²) >= 11 is 3.17. The Morgan fingerprint density at radius 2 is 1.91 bits per heavy atom. The Bertz CT molecular complexity index is 842. The molecule has 2 aromatic rings. The van der Waals surface area contributed by atoms with Crippen LogP contribution in [0, 0.1) is 5.82 Å². The molecule has 0 aliphatic heterocycles. The van der Waals surface area contributed by atoms with Crippen LogP contribution < -0.4 is 15.0 Å². The molecule has 0 radical (unpaired) electrons. The van der Waals surface area contributed by atoms with E-state index in [9.17, 15) is 17.6 Å². The number of amides is 1. The molecule has 23 heavy (non-hydrogen) atoms. The number of nitrogens with one attached hydrogen (secondary N) is 2. The Morgan fingerprint density at radius 3 is 2.52 bits per heavy atom. The first kappa shape index (κ1) is 17.4. The van der Waals surface area contributed by atoms with Gasteiger partial charge in [-0.05, 0) is 46.3 Å². The van der Waals surface area contributed by atoms with Crippen LogP contribution in [0.4, 0.5) is 4.39 Å². The van der Waals surface area contributed by atoms with Crippen molar-refractivity contribution in [2.45, 2.75) is 4.90 Å². The minimum atomic E-state index is -4.01. The fourth-order valence-corrected chi connectivity index (χ4v) is 3.26. The summed E-state index contributed by atoms with van der Waals surface area (Å²) in [6, 6.07) is 9.31. The van der Waals surface area contributed by atoms with E-state index in [-0.39, 0.29) is 10.5 Å². The van der Waals surface area contributed by atoms with Crippen LogP contribution in [0.2, 0.25) is 0 Å². The topological polar surface area (TPSA) is 84.5 Å². The van der Waals surface area contributed by atoms with Crippen molar-refractivity contribution in [3.63, 3.8) is 0 Å². The van der Waals surface area contributed by atoms with Crippen molar-refractivity contribution < 1.29 is 22.3 Å². The molecule has 2 N–H and O–H groups in total. The van der Waals surface area contributed by atoms with Gasteiger partial charge in [-0.2, -0.15) is 0 Å². The van der Waals surface area contributed by atoms with Crippen molar-refractivity contribution in [1.82, 2.24) is 10.3 Å². The zero-order valence-corrected chi connectivity index (χ0v) is 14.2. The third-order valence-electron chi connectivity index (χ3n) is 2.85. The van der Waals surface area contributed by atoms with E-state index in [0.29, 0.717) is 10.2 Å². The van der Waals surface area contributed by atoms with Crippen LogP contribution in [-0.4, -0.2) is 21.4 Å². The number of methoxy groups -OCH3 is 1. The molecule has 0 aliphatic rings. The molecule has 1 amide bonds. The molecular weight excluding hydrogens is 391 g/mol. The van der Waals surface area contributed by atoms with E-state index < -0.39 is 21.7 Å². The summed E-state index contributed by atoms with van der Waals surface area (Å²) in [5.41, 5.74) is 1.69. The predicted molar refractivity (Wildman–Crippen MR) is 84.9 cm³/mol. The van der Waals surface area contributed by atoms with Crippen LogP contribution in [0.15, 0.2) is 51.8 Å². The highest BCUT2D eigenvalue weighted by atomic mass is 79.9. The van der Waals surface area contributed by atoms with E-state index >= 15 is 0 Å². The lowest BCUT2D eigenvalue weighted by Crippen LogP contribution is -2.41. The van der Waals surface area contributed by atoms with Gasteiger partial charge in [0.1, 0.15) is 11.6 Å². The fourth-order valence-electron chi connectivity index (χ4n) is 1.70. The maximum Gasteiger partial charge on any atom is 0.269 e. The third kappa shape index (κ3) is 4.06. The van der Waals surface area contributed by atoms with Gasteiger partial charge in [0.05, 0.1) is 22.0 Å². The fraction of sp³-hybridized carbons (Fsp3) is 0.0714. The van der Waals surface area contributed by atoms with Crippen molar-refractivity contribution in [2.24, 2.45) is 0 Å². The van der Waals surface area contributed by atoms with Crippen LogP contribution in [-0.2, 0) is 10.0 Å². The second-order valence-electron chi connectivity index (χ2n) is 4.34. The molecule has 9 heteroatoms. The largest absolute Gasteiger partial charge is 0.496 e. The average Bonchev–Trinajstić information content (AvgIpc) is 2.53. The maximum atomic E-state index is 13.5. The lowest BCUT2D eigenvalue weighted by atomic mass is 10.2. The number of ether oxygens (including phenoxy) is 1. The number of hydrazine groups is 1. The molecule has 2 aromatic carbocycles. The van der Waals surface area contributed by atoms with Gasteiger partial charge >= 0.3 is 0 Å². The lowest BCUT2D eigenvalue weighted by Gasteiger charge is -2.10. The summed E-state index contributed by atoms with van der Waals surface area (Å²) in [5, 5.41) is 0. The highest BCUT2D eigenvalue weighted by molar-refractivity contribution is 9.10. The van der Waals surface area contributed by atoms with Gasteiger partial charge in [-0.1, -0.05) is 12.1 Å². The van der Waals surface area contributed by atoms with E-state index in [1.165, 1.54) is 43.5 Å². The molecule has 0 aliphatic carbocycles. The third-order valence-corrected chi connectivity index (χ3v) is 4.72. The molecule has 0 saturated carbocycles. The van der Waals surface area contributed by atoms with Crippen molar-refractivity contribution in [3.05, 3.63) is 58.3 Å². The first-order chi connectivity index (χ1) is 10.8. The van der Waals surface area contributed by atoms with Gasteiger partial charge in [-0.25, -0.2) is 12.8 Å². The van der Waals surface area contributed by atoms with Crippen molar-refractivity contribution in [2.75, 3.05) is 7.11 Å². The first-order valence-corrected chi connectivity index (χ1v) is 8.53. The second-order valence-corrected chi connectivity index (χ2v) is 6.87. The van der Waals surface area contributed by atoms with Crippen LogP contribution in [0.1, 0.15) is 10.4 Å². The SMILES string of the molecule is COc1ccc(S(=O)(=O)NNC(=O)c2ccccc2F)cc1Br. The van der Waals surface area contributed by atoms with Gasteiger partial charge in [0, 0.05) is 0 Å². The lowest BCUT2D eigenvalue weighted by molar-refractivity contribution is 0.0941. The van der Waals surface area contributed by atoms with E-state index in [4.69, 9.17) is 4.74 Å². The van der Waals surface area contributed by atoms with Gasteiger partial charge in [0.15, 0.2) is 0 Å². The Kier molecular flexibility index (Phi) is 5.34. The molecule has 0 saturated heterocycles. The van der Waals surface area contributed by atoms with E-state index in [2.05, 4.69) is 15.9 Å². The summed E-state index contributed by atoms with van der Waals surface area (Å²) in [6.07, 6.45) is 0. The van der Waals surface area contributed by atoms with Crippen molar-refractivity contribution in [3.8, 4) is 5.75 Å². The van der Waals surface area contributed by atoms with Crippen LogP contribution >= 0.6 is 15.9 Å². The van der Waals surface area contributed by atoms with Crippen molar-refractivity contribution >= 4 is 31.9 Å². The molecule has 0 heterocycles. The molecular formula is C14H12BrFN2O4S. The van der Waals surface area contributed by atoms with E-state index in [0.717, 1.165) is 6.07 Å². The number of rotatable bonds is 5. The number of benzene rings is 2. The smallest absolute Gasteiger partial charge is 0.269 e. The molecule has 0 aromatic heterocycles. The Hall–Kier alpha value is -1.97. The van der Waals surface area contributed by atoms with Gasteiger partial charge < -0.3 is 4.74 Å². The summed E-state index contributed by atoms with van der Waals surface area (Å²) in [6.45, 7) is 0. The average molecular weight is 403 g/mol. The van der Waals surface area contributed by atoms with Crippen LogP contribution in [0.5, 0.6) is 5.75 Å².